The summed E-state index contributed by atoms with van der Waals surface area (Å²) in [6, 6.07) is 16.3. The molecule has 0 radical (unpaired) electrons. The van der Waals surface area contributed by atoms with E-state index in [0.29, 0.717) is 12.5 Å². The van der Waals surface area contributed by atoms with E-state index in [1.165, 1.54) is 11.1 Å². The van der Waals surface area contributed by atoms with Gasteiger partial charge in [-0.1, -0.05) is 56.3 Å². The highest BCUT2D eigenvalue weighted by Crippen LogP contribution is 2.20. The van der Waals surface area contributed by atoms with Crippen LogP contribution in [0.2, 0.25) is 0 Å². The predicted molar refractivity (Wildman–Crippen MR) is 85.2 cm³/mol. The number of benzene rings is 2. The van der Waals surface area contributed by atoms with Crippen molar-refractivity contribution in [2.75, 3.05) is 11.9 Å². The van der Waals surface area contributed by atoms with Crippen molar-refractivity contribution in [3.63, 3.8) is 0 Å². The topological polar surface area (TPSA) is 32.3 Å². The van der Waals surface area contributed by atoms with Crippen molar-refractivity contribution in [1.82, 2.24) is 0 Å². The molecule has 2 N–H and O–H groups in total. The van der Waals surface area contributed by atoms with Crippen LogP contribution in [0.5, 0.6) is 0 Å². The molecule has 1 atom stereocenters. The fourth-order valence-electron chi connectivity index (χ4n) is 2.20. The van der Waals surface area contributed by atoms with Crippen LogP contribution in [0, 0.1) is 6.92 Å². The Morgan fingerprint density at radius 1 is 0.950 bits per heavy atom. The minimum absolute atomic E-state index is 0.490. The average molecular weight is 269 g/mol. The Morgan fingerprint density at radius 3 is 2.15 bits per heavy atom. The van der Waals surface area contributed by atoms with Crippen LogP contribution in [-0.4, -0.2) is 11.7 Å². The molecule has 0 saturated carbocycles. The molecule has 0 fully saturated rings. The average Bonchev–Trinajstić information content (AvgIpc) is 2.46. The lowest BCUT2D eigenvalue weighted by atomic mass is 10.00. The van der Waals surface area contributed by atoms with Gasteiger partial charge in [0.15, 0.2) is 0 Å². The number of rotatable bonds is 5. The number of aliphatic hydroxyl groups excluding tert-OH is 1. The first kappa shape index (κ1) is 14.6. The molecule has 2 rings (SSSR count). The van der Waals surface area contributed by atoms with E-state index in [-0.39, 0.29) is 0 Å². The van der Waals surface area contributed by atoms with Gasteiger partial charge in [-0.25, -0.2) is 0 Å². The zero-order valence-electron chi connectivity index (χ0n) is 12.4. The molecule has 0 heterocycles. The van der Waals surface area contributed by atoms with Gasteiger partial charge in [0.2, 0.25) is 0 Å². The number of hydrogen-bond donors (Lipinski definition) is 2. The quantitative estimate of drug-likeness (QED) is 0.850. The Hall–Kier alpha value is -1.80. The van der Waals surface area contributed by atoms with Crippen molar-refractivity contribution in [3.05, 3.63) is 65.2 Å². The second kappa shape index (κ2) is 6.58. The number of hydrogen-bond acceptors (Lipinski definition) is 2. The summed E-state index contributed by atoms with van der Waals surface area (Å²) in [5.41, 5.74) is 4.52. The van der Waals surface area contributed by atoms with E-state index < -0.39 is 6.10 Å². The Balaban J connectivity index is 1.98. The molecule has 0 aliphatic heterocycles. The number of aliphatic hydroxyl groups is 1. The van der Waals surface area contributed by atoms with E-state index in [2.05, 4.69) is 44.3 Å². The van der Waals surface area contributed by atoms with Gasteiger partial charge in [-0.05, 0) is 35.6 Å². The summed E-state index contributed by atoms with van der Waals surface area (Å²) in [4.78, 5) is 0. The molecule has 2 aromatic carbocycles. The van der Waals surface area contributed by atoms with Crippen molar-refractivity contribution < 1.29 is 5.11 Å². The molecule has 0 bridgehead atoms. The van der Waals surface area contributed by atoms with E-state index in [0.717, 1.165) is 11.3 Å². The molecule has 2 heteroatoms. The molecule has 2 aromatic rings. The van der Waals surface area contributed by atoms with Crippen LogP contribution in [0.15, 0.2) is 48.5 Å². The van der Waals surface area contributed by atoms with Crippen LogP contribution < -0.4 is 5.32 Å². The summed E-state index contributed by atoms with van der Waals surface area (Å²) < 4.78 is 0. The smallest absolute Gasteiger partial charge is 0.0962 e. The molecule has 0 saturated heterocycles. The summed E-state index contributed by atoms with van der Waals surface area (Å²) in [6.07, 6.45) is -0.490. The van der Waals surface area contributed by atoms with E-state index in [9.17, 15) is 5.11 Å². The van der Waals surface area contributed by atoms with Crippen LogP contribution in [0.4, 0.5) is 5.69 Å². The molecular formula is C18H23NO. The summed E-state index contributed by atoms with van der Waals surface area (Å²) in [5.74, 6) is 0.520. The molecule has 0 spiro atoms. The lowest BCUT2D eigenvalue weighted by Gasteiger charge is -2.15. The van der Waals surface area contributed by atoms with Crippen molar-refractivity contribution in [2.45, 2.75) is 32.8 Å². The van der Waals surface area contributed by atoms with Crippen LogP contribution in [0.25, 0.3) is 0 Å². The maximum absolute atomic E-state index is 10.2. The first-order chi connectivity index (χ1) is 9.58. The number of anilines is 1. The van der Waals surface area contributed by atoms with E-state index in [1.807, 2.05) is 30.3 Å². The van der Waals surface area contributed by atoms with Gasteiger partial charge in [0, 0.05) is 12.2 Å². The van der Waals surface area contributed by atoms with E-state index in [4.69, 9.17) is 0 Å². The lowest BCUT2D eigenvalue weighted by Crippen LogP contribution is -2.12. The third-order valence-electron chi connectivity index (χ3n) is 3.62. The van der Waals surface area contributed by atoms with Crippen LogP contribution >= 0.6 is 0 Å². The minimum Gasteiger partial charge on any atom is -0.387 e. The molecule has 106 valence electrons. The van der Waals surface area contributed by atoms with Gasteiger partial charge in [-0.2, -0.15) is 0 Å². The first-order valence-electron chi connectivity index (χ1n) is 7.15. The third-order valence-corrected chi connectivity index (χ3v) is 3.62. The van der Waals surface area contributed by atoms with Gasteiger partial charge in [0.25, 0.3) is 0 Å². The predicted octanol–water partition coefficient (Wildman–Crippen LogP) is 4.26. The number of aryl methyl sites for hydroxylation is 1. The molecule has 20 heavy (non-hydrogen) atoms. The highest BCUT2D eigenvalue weighted by atomic mass is 16.3. The number of para-hydroxylation sites is 1. The molecule has 1 unspecified atom stereocenters. The van der Waals surface area contributed by atoms with Crippen LogP contribution in [-0.2, 0) is 0 Å². The Labute approximate surface area is 121 Å². The monoisotopic (exact) mass is 269 g/mol. The largest absolute Gasteiger partial charge is 0.387 e. The SMILES string of the molecule is Cc1ccccc1NCC(O)c1ccc(C(C)C)cc1. The highest BCUT2D eigenvalue weighted by molar-refractivity contribution is 5.50. The molecule has 0 aliphatic carbocycles. The first-order valence-corrected chi connectivity index (χ1v) is 7.15. The zero-order chi connectivity index (χ0) is 14.5. The highest BCUT2D eigenvalue weighted by Gasteiger charge is 2.08. The Morgan fingerprint density at radius 2 is 1.55 bits per heavy atom. The van der Waals surface area contributed by atoms with Gasteiger partial charge in [0.1, 0.15) is 0 Å². The van der Waals surface area contributed by atoms with Gasteiger partial charge >= 0.3 is 0 Å². The summed E-state index contributed by atoms with van der Waals surface area (Å²) in [5, 5.41) is 13.5. The third kappa shape index (κ3) is 3.61. The van der Waals surface area contributed by atoms with E-state index in [1.54, 1.807) is 0 Å². The van der Waals surface area contributed by atoms with Gasteiger partial charge < -0.3 is 10.4 Å². The van der Waals surface area contributed by atoms with Gasteiger partial charge in [0.05, 0.1) is 6.10 Å². The normalized spacial score (nSPS) is 12.4. The second-order valence-electron chi connectivity index (χ2n) is 5.53. The second-order valence-corrected chi connectivity index (χ2v) is 5.53. The van der Waals surface area contributed by atoms with Crippen LogP contribution in [0.3, 0.4) is 0 Å². The van der Waals surface area contributed by atoms with E-state index >= 15 is 0 Å². The Kier molecular flexibility index (Phi) is 4.80. The van der Waals surface area contributed by atoms with Crippen molar-refractivity contribution >= 4 is 5.69 Å². The molecule has 2 nitrogen and oxygen atoms in total. The summed E-state index contributed by atoms with van der Waals surface area (Å²) in [7, 11) is 0. The van der Waals surface area contributed by atoms with Crippen LogP contribution in [0.1, 0.15) is 42.6 Å². The van der Waals surface area contributed by atoms with Crippen molar-refractivity contribution in [2.24, 2.45) is 0 Å². The minimum atomic E-state index is -0.490. The molecule has 0 aliphatic rings. The fraction of sp³-hybridized carbons (Fsp3) is 0.333. The molecular weight excluding hydrogens is 246 g/mol. The maximum atomic E-state index is 10.2. The van der Waals surface area contributed by atoms with Gasteiger partial charge in [-0.3, -0.25) is 0 Å². The molecule has 0 aromatic heterocycles. The maximum Gasteiger partial charge on any atom is 0.0962 e. The van der Waals surface area contributed by atoms with Gasteiger partial charge in [-0.15, -0.1) is 0 Å². The summed E-state index contributed by atoms with van der Waals surface area (Å²) in [6.45, 7) is 6.92. The fourth-order valence-corrected chi connectivity index (χ4v) is 2.20. The summed E-state index contributed by atoms with van der Waals surface area (Å²) >= 11 is 0. The standard InChI is InChI=1S/C18H23NO/c1-13(2)15-8-10-16(11-9-15)18(20)12-19-17-7-5-4-6-14(17)3/h4-11,13,18-20H,12H2,1-3H3. The lowest BCUT2D eigenvalue weighted by molar-refractivity contribution is 0.191. The number of nitrogens with one attached hydrogen (secondary N) is 1. The zero-order valence-corrected chi connectivity index (χ0v) is 12.4. The van der Waals surface area contributed by atoms with Crippen molar-refractivity contribution in [3.8, 4) is 0 Å². The Bertz CT molecular complexity index is 546. The van der Waals surface area contributed by atoms with Crippen molar-refractivity contribution in [1.29, 1.82) is 0 Å². The molecule has 0 amide bonds.